The molecule has 0 saturated carbocycles. The maximum atomic E-state index is 12.4. The molecule has 1 aromatic rings. The molecule has 2 aliphatic heterocycles. The lowest BCUT2D eigenvalue weighted by molar-refractivity contribution is -0.130. The van der Waals surface area contributed by atoms with Gasteiger partial charge in [-0.3, -0.25) is 9.69 Å². The first-order chi connectivity index (χ1) is 9.12. The van der Waals surface area contributed by atoms with Crippen LogP contribution in [0.5, 0.6) is 0 Å². The van der Waals surface area contributed by atoms with Crippen LogP contribution in [0.1, 0.15) is 12.2 Å². The van der Waals surface area contributed by atoms with Crippen molar-refractivity contribution >= 4 is 11.9 Å². The number of amides is 3. The molecule has 3 rings (SSSR count). The fraction of sp³-hybridized carbons (Fsp3) is 0.583. The highest BCUT2D eigenvalue weighted by atomic mass is 16.2. The third-order valence-corrected chi connectivity index (χ3v) is 3.88. The number of aryl methyl sites for hydroxylation is 1. The van der Waals surface area contributed by atoms with E-state index in [0.29, 0.717) is 25.9 Å². The second-order valence-electron chi connectivity index (χ2n) is 5.10. The van der Waals surface area contributed by atoms with Crippen LogP contribution in [-0.2, 0) is 18.3 Å². The van der Waals surface area contributed by atoms with Gasteiger partial charge in [-0.25, -0.2) is 9.78 Å². The van der Waals surface area contributed by atoms with E-state index in [1.165, 1.54) is 4.90 Å². The predicted molar refractivity (Wildman–Crippen MR) is 67.4 cm³/mol. The van der Waals surface area contributed by atoms with E-state index in [-0.39, 0.29) is 11.9 Å². The Bertz CT molecular complexity index is 518. The van der Waals surface area contributed by atoms with Crippen LogP contribution in [0.3, 0.4) is 0 Å². The highest BCUT2D eigenvalue weighted by molar-refractivity contribution is 6.07. The molecule has 3 amide bonds. The number of imidazole rings is 1. The number of carbonyl (C=O) groups excluding carboxylic acids is 2. The summed E-state index contributed by atoms with van der Waals surface area (Å²) < 4.78 is 1.89. The normalized spacial score (nSPS) is 26.5. The largest absolute Gasteiger partial charge is 0.338 e. The Kier molecular flexibility index (Phi) is 2.78. The van der Waals surface area contributed by atoms with Crippen molar-refractivity contribution in [3.63, 3.8) is 0 Å². The SMILES string of the molecule is Cn1ccnc1CCN1C(=O)NC2(CCNC2)C1=O. The van der Waals surface area contributed by atoms with Crippen molar-refractivity contribution in [3.8, 4) is 0 Å². The molecule has 1 spiro atoms. The number of urea groups is 1. The predicted octanol–water partition coefficient (Wildman–Crippen LogP) is -0.753. The number of rotatable bonds is 3. The fourth-order valence-electron chi connectivity index (χ4n) is 2.71. The summed E-state index contributed by atoms with van der Waals surface area (Å²) in [6.45, 7) is 1.66. The molecule has 0 aliphatic carbocycles. The fourth-order valence-corrected chi connectivity index (χ4v) is 2.71. The van der Waals surface area contributed by atoms with Gasteiger partial charge in [-0.05, 0) is 13.0 Å². The topological polar surface area (TPSA) is 79.3 Å². The first-order valence-electron chi connectivity index (χ1n) is 6.43. The molecule has 3 heterocycles. The van der Waals surface area contributed by atoms with E-state index in [1.54, 1.807) is 6.20 Å². The lowest BCUT2D eigenvalue weighted by Crippen LogP contribution is -2.48. The minimum Gasteiger partial charge on any atom is -0.338 e. The molecule has 0 aromatic carbocycles. The summed E-state index contributed by atoms with van der Waals surface area (Å²) >= 11 is 0. The first kappa shape index (κ1) is 12.2. The Labute approximate surface area is 111 Å². The summed E-state index contributed by atoms with van der Waals surface area (Å²) in [5.41, 5.74) is -0.710. The average molecular weight is 263 g/mol. The minimum absolute atomic E-state index is 0.114. The van der Waals surface area contributed by atoms with Crippen LogP contribution in [0.4, 0.5) is 4.79 Å². The molecule has 19 heavy (non-hydrogen) atoms. The van der Waals surface area contributed by atoms with Crippen LogP contribution >= 0.6 is 0 Å². The molecule has 0 radical (unpaired) electrons. The number of imide groups is 1. The summed E-state index contributed by atoms with van der Waals surface area (Å²) in [7, 11) is 1.90. The minimum atomic E-state index is -0.710. The standard InChI is InChI=1S/C12H17N5O2/c1-16-7-5-14-9(16)2-6-17-10(18)12(15-11(17)19)3-4-13-8-12/h5,7,13H,2-4,6,8H2,1H3,(H,15,19). The van der Waals surface area contributed by atoms with Crippen LogP contribution in [0.2, 0.25) is 0 Å². The summed E-state index contributed by atoms with van der Waals surface area (Å²) in [6, 6.07) is -0.289. The molecule has 7 heteroatoms. The Morgan fingerprint density at radius 3 is 2.95 bits per heavy atom. The van der Waals surface area contributed by atoms with E-state index in [9.17, 15) is 9.59 Å². The zero-order chi connectivity index (χ0) is 13.5. The highest BCUT2D eigenvalue weighted by Crippen LogP contribution is 2.24. The van der Waals surface area contributed by atoms with Crippen molar-refractivity contribution < 1.29 is 9.59 Å². The monoisotopic (exact) mass is 263 g/mol. The smallest absolute Gasteiger partial charge is 0.325 e. The molecule has 2 N–H and O–H groups in total. The third kappa shape index (κ3) is 1.90. The van der Waals surface area contributed by atoms with Gasteiger partial charge in [0.15, 0.2) is 0 Å². The highest BCUT2D eigenvalue weighted by Gasteiger charge is 2.52. The summed E-state index contributed by atoms with van der Waals surface area (Å²) in [6.07, 6.45) is 4.80. The Morgan fingerprint density at radius 1 is 1.47 bits per heavy atom. The molecule has 2 saturated heterocycles. The molecule has 102 valence electrons. The van der Waals surface area contributed by atoms with Gasteiger partial charge < -0.3 is 15.2 Å². The van der Waals surface area contributed by atoms with E-state index in [0.717, 1.165) is 12.4 Å². The molecule has 0 bridgehead atoms. The number of hydrogen-bond acceptors (Lipinski definition) is 4. The number of carbonyl (C=O) groups is 2. The molecule has 2 fully saturated rings. The van der Waals surface area contributed by atoms with Crippen LogP contribution in [-0.4, -0.2) is 51.6 Å². The van der Waals surface area contributed by atoms with E-state index in [2.05, 4.69) is 15.6 Å². The van der Waals surface area contributed by atoms with Gasteiger partial charge in [0.2, 0.25) is 0 Å². The molecular weight excluding hydrogens is 246 g/mol. The van der Waals surface area contributed by atoms with E-state index >= 15 is 0 Å². The van der Waals surface area contributed by atoms with Gasteiger partial charge in [0.25, 0.3) is 5.91 Å². The van der Waals surface area contributed by atoms with Gasteiger partial charge in [-0.2, -0.15) is 0 Å². The lowest BCUT2D eigenvalue weighted by atomic mass is 9.99. The van der Waals surface area contributed by atoms with Crippen LogP contribution < -0.4 is 10.6 Å². The van der Waals surface area contributed by atoms with Crippen LogP contribution in [0, 0.1) is 0 Å². The Morgan fingerprint density at radius 2 is 2.32 bits per heavy atom. The Hall–Kier alpha value is -1.89. The average Bonchev–Trinajstić information content (AvgIpc) is 3.04. The molecular formula is C12H17N5O2. The van der Waals surface area contributed by atoms with Crippen molar-refractivity contribution in [2.24, 2.45) is 7.05 Å². The first-order valence-corrected chi connectivity index (χ1v) is 6.43. The maximum Gasteiger partial charge on any atom is 0.325 e. The molecule has 1 unspecified atom stereocenters. The van der Waals surface area contributed by atoms with Crippen LogP contribution in [0.15, 0.2) is 12.4 Å². The second-order valence-corrected chi connectivity index (χ2v) is 5.10. The maximum absolute atomic E-state index is 12.4. The summed E-state index contributed by atoms with van der Waals surface area (Å²) in [4.78, 5) is 29.8. The van der Waals surface area contributed by atoms with Crippen molar-refractivity contribution in [3.05, 3.63) is 18.2 Å². The molecule has 2 aliphatic rings. The van der Waals surface area contributed by atoms with Gasteiger partial charge >= 0.3 is 6.03 Å². The van der Waals surface area contributed by atoms with Gasteiger partial charge in [-0.1, -0.05) is 0 Å². The van der Waals surface area contributed by atoms with Crippen molar-refractivity contribution in [1.82, 2.24) is 25.1 Å². The molecule has 1 aromatic heterocycles. The summed E-state index contributed by atoms with van der Waals surface area (Å²) in [5, 5.41) is 5.95. The van der Waals surface area contributed by atoms with Gasteiger partial charge in [0.05, 0.1) is 0 Å². The number of hydrogen-bond donors (Lipinski definition) is 2. The van der Waals surface area contributed by atoms with E-state index < -0.39 is 5.54 Å². The van der Waals surface area contributed by atoms with Crippen LogP contribution in [0.25, 0.3) is 0 Å². The summed E-state index contributed by atoms with van der Waals surface area (Å²) in [5.74, 6) is 0.753. The molecule has 1 atom stereocenters. The van der Waals surface area contributed by atoms with Gasteiger partial charge in [0, 0.05) is 39.0 Å². The third-order valence-electron chi connectivity index (χ3n) is 3.88. The van der Waals surface area contributed by atoms with Gasteiger partial charge in [0.1, 0.15) is 11.4 Å². The number of aromatic nitrogens is 2. The van der Waals surface area contributed by atoms with E-state index in [4.69, 9.17) is 0 Å². The number of nitrogens with one attached hydrogen (secondary N) is 2. The zero-order valence-corrected chi connectivity index (χ0v) is 10.8. The van der Waals surface area contributed by atoms with Crippen molar-refractivity contribution in [2.75, 3.05) is 19.6 Å². The number of nitrogens with zero attached hydrogens (tertiary/aromatic N) is 3. The lowest BCUT2D eigenvalue weighted by Gasteiger charge is -2.19. The van der Waals surface area contributed by atoms with Crippen molar-refractivity contribution in [1.29, 1.82) is 0 Å². The van der Waals surface area contributed by atoms with Gasteiger partial charge in [-0.15, -0.1) is 0 Å². The van der Waals surface area contributed by atoms with E-state index in [1.807, 2.05) is 17.8 Å². The second kappa shape index (κ2) is 4.34. The molecule has 7 nitrogen and oxygen atoms in total. The Balaban J connectivity index is 1.70. The quantitative estimate of drug-likeness (QED) is 0.703. The van der Waals surface area contributed by atoms with Crippen molar-refractivity contribution in [2.45, 2.75) is 18.4 Å². The zero-order valence-electron chi connectivity index (χ0n) is 10.8.